The Bertz CT molecular complexity index is 489. The van der Waals surface area contributed by atoms with Gasteiger partial charge in [-0.15, -0.1) is 0 Å². The van der Waals surface area contributed by atoms with Crippen LogP contribution in [0.4, 0.5) is 11.6 Å². The standard InChI is InChI=1S/C13H16N4O/c14-12-7-13(16-9-15-12)17-11(8-18)6-10-4-2-1-3-5-10/h1-5,7,9,11,18H,6,8H2,(H3,14,15,16,17). The van der Waals surface area contributed by atoms with Crippen molar-refractivity contribution in [3.8, 4) is 0 Å². The molecule has 1 atom stereocenters. The number of hydrogen-bond acceptors (Lipinski definition) is 5. The highest BCUT2D eigenvalue weighted by molar-refractivity contribution is 5.44. The van der Waals surface area contributed by atoms with Gasteiger partial charge < -0.3 is 16.2 Å². The van der Waals surface area contributed by atoms with Crippen LogP contribution in [0.15, 0.2) is 42.7 Å². The third-order valence-electron chi connectivity index (χ3n) is 2.59. The Morgan fingerprint density at radius 2 is 2.00 bits per heavy atom. The van der Waals surface area contributed by atoms with Crippen LogP contribution in [-0.4, -0.2) is 27.7 Å². The minimum absolute atomic E-state index is 0.0266. The fourth-order valence-corrected chi connectivity index (χ4v) is 1.72. The van der Waals surface area contributed by atoms with Crippen LogP contribution in [0.1, 0.15) is 5.56 Å². The average Bonchev–Trinajstić information content (AvgIpc) is 2.39. The van der Waals surface area contributed by atoms with Gasteiger partial charge in [0, 0.05) is 6.07 Å². The van der Waals surface area contributed by atoms with Crippen molar-refractivity contribution in [2.75, 3.05) is 17.7 Å². The zero-order chi connectivity index (χ0) is 12.8. The molecule has 1 aromatic carbocycles. The first-order valence-corrected chi connectivity index (χ1v) is 5.77. The van der Waals surface area contributed by atoms with Crippen LogP contribution in [-0.2, 0) is 6.42 Å². The summed E-state index contributed by atoms with van der Waals surface area (Å²) in [7, 11) is 0. The molecule has 2 aromatic rings. The molecule has 0 amide bonds. The van der Waals surface area contributed by atoms with Crippen molar-refractivity contribution in [1.82, 2.24) is 9.97 Å². The molecule has 0 aliphatic carbocycles. The number of nitrogens with two attached hydrogens (primary N) is 1. The van der Waals surface area contributed by atoms with Crippen LogP contribution < -0.4 is 11.1 Å². The highest BCUT2D eigenvalue weighted by Gasteiger charge is 2.09. The van der Waals surface area contributed by atoms with Gasteiger partial charge in [0.25, 0.3) is 0 Å². The zero-order valence-corrected chi connectivity index (χ0v) is 9.95. The van der Waals surface area contributed by atoms with E-state index in [1.807, 2.05) is 30.3 Å². The number of aliphatic hydroxyl groups excluding tert-OH is 1. The Morgan fingerprint density at radius 3 is 2.67 bits per heavy atom. The highest BCUT2D eigenvalue weighted by atomic mass is 16.3. The van der Waals surface area contributed by atoms with Gasteiger partial charge in [-0.25, -0.2) is 9.97 Å². The number of hydrogen-bond donors (Lipinski definition) is 3. The molecule has 5 heteroatoms. The highest BCUT2D eigenvalue weighted by Crippen LogP contribution is 2.10. The van der Waals surface area contributed by atoms with Crippen molar-refractivity contribution >= 4 is 11.6 Å². The minimum Gasteiger partial charge on any atom is -0.394 e. The van der Waals surface area contributed by atoms with E-state index in [-0.39, 0.29) is 12.6 Å². The van der Waals surface area contributed by atoms with E-state index in [2.05, 4.69) is 15.3 Å². The molecule has 94 valence electrons. The predicted octanol–water partition coefficient (Wildman–Crippen LogP) is 1.07. The number of nitrogens with one attached hydrogen (secondary N) is 1. The van der Waals surface area contributed by atoms with Crippen LogP contribution >= 0.6 is 0 Å². The summed E-state index contributed by atoms with van der Waals surface area (Å²) < 4.78 is 0. The summed E-state index contributed by atoms with van der Waals surface area (Å²) in [5, 5.41) is 12.5. The Balaban J connectivity index is 2.01. The van der Waals surface area contributed by atoms with E-state index >= 15 is 0 Å². The summed E-state index contributed by atoms with van der Waals surface area (Å²) in [6.07, 6.45) is 2.12. The lowest BCUT2D eigenvalue weighted by Gasteiger charge is -2.16. The maximum absolute atomic E-state index is 9.38. The van der Waals surface area contributed by atoms with E-state index in [1.165, 1.54) is 6.33 Å². The number of nitrogens with zero attached hydrogens (tertiary/aromatic N) is 2. The molecule has 0 bridgehead atoms. The molecule has 0 fully saturated rings. The SMILES string of the molecule is Nc1cc(NC(CO)Cc2ccccc2)ncn1. The van der Waals surface area contributed by atoms with Crippen molar-refractivity contribution < 1.29 is 5.11 Å². The van der Waals surface area contributed by atoms with Gasteiger partial charge >= 0.3 is 0 Å². The molecule has 4 N–H and O–H groups in total. The molecule has 0 saturated heterocycles. The van der Waals surface area contributed by atoms with Gasteiger partial charge in [0.2, 0.25) is 0 Å². The Labute approximate surface area is 106 Å². The molecule has 1 unspecified atom stereocenters. The van der Waals surface area contributed by atoms with E-state index in [4.69, 9.17) is 5.73 Å². The lowest BCUT2D eigenvalue weighted by Crippen LogP contribution is -2.26. The van der Waals surface area contributed by atoms with Crippen molar-refractivity contribution in [1.29, 1.82) is 0 Å². The number of aliphatic hydroxyl groups is 1. The lowest BCUT2D eigenvalue weighted by molar-refractivity contribution is 0.273. The van der Waals surface area contributed by atoms with Gasteiger partial charge in [-0.05, 0) is 12.0 Å². The topological polar surface area (TPSA) is 84.1 Å². The second-order valence-electron chi connectivity index (χ2n) is 4.04. The van der Waals surface area contributed by atoms with Crippen molar-refractivity contribution in [2.24, 2.45) is 0 Å². The van der Waals surface area contributed by atoms with E-state index in [0.29, 0.717) is 11.6 Å². The first-order chi connectivity index (χ1) is 8.78. The number of benzene rings is 1. The minimum atomic E-state index is -0.0956. The van der Waals surface area contributed by atoms with Gasteiger partial charge in [-0.1, -0.05) is 30.3 Å². The van der Waals surface area contributed by atoms with Crippen LogP contribution in [0, 0.1) is 0 Å². The van der Waals surface area contributed by atoms with Crippen LogP contribution in [0.25, 0.3) is 0 Å². The fourth-order valence-electron chi connectivity index (χ4n) is 1.72. The number of nitrogen functional groups attached to an aromatic ring is 1. The Kier molecular flexibility index (Phi) is 4.09. The quantitative estimate of drug-likeness (QED) is 0.732. The van der Waals surface area contributed by atoms with Gasteiger partial charge in [-0.3, -0.25) is 0 Å². The molecule has 2 rings (SSSR count). The molecule has 5 nitrogen and oxygen atoms in total. The number of anilines is 2. The number of rotatable bonds is 5. The molecule has 0 spiro atoms. The third kappa shape index (κ3) is 3.43. The normalized spacial score (nSPS) is 12.1. The second kappa shape index (κ2) is 5.97. The monoisotopic (exact) mass is 244 g/mol. The van der Waals surface area contributed by atoms with E-state index in [9.17, 15) is 5.11 Å². The van der Waals surface area contributed by atoms with Gasteiger partial charge in [0.1, 0.15) is 18.0 Å². The zero-order valence-electron chi connectivity index (χ0n) is 9.95. The Hall–Kier alpha value is -2.14. The van der Waals surface area contributed by atoms with Gasteiger partial charge in [-0.2, -0.15) is 0 Å². The molecule has 0 aliphatic rings. The summed E-state index contributed by atoms with van der Waals surface area (Å²) in [4.78, 5) is 7.88. The summed E-state index contributed by atoms with van der Waals surface area (Å²) in [6.45, 7) is 0.0266. The summed E-state index contributed by atoms with van der Waals surface area (Å²) >= 11 is 0. The maximum atomic E-state index is 9.38. The molecule has 18 heavy (non-hydrogen) atoms. The average molecular weight is 244 g/mol. The summed E-state index contributed by atoms with van der Waals surface area (Å²) in [5.74, 6) is 1.03. The van der Waals surface area contributed by atoms with Crippen LogP contribution in [0.3, 0.4) is 0 Å². The van der Waals surface area contributed by atoms with E-state index in [1.54, 1.807) is 6.07 Å². The molecule has 1 aromatic heterocycles. The van der Waals surface area contributed by atoms with Gasteiger partial charge in [0.05, 0.1) is 12.6 Å². The number of aromatic nitrogens is 2. The molecular weight excluding hydrogens is 228 g/mol. The first-order valence-electron chi connectivity index (χ1n) is 5.77. The van der Waals surface area contributed by atoms with Crippen molar-refractivity contribution in [3.05, 3.63) is 48.3 Å². The summed E-state index contributed by atoms with van der Waals surface area (Å²) in [5.41, 5.74) is 6.73. The molecule has 0 radical (unpaired) electrons. The predicted molar refractivity (Wildman–Crippen MR) is 71.1 cm³/mol. The smallest absolute Gasteiger partial charge is 0.131 e. The van der Waals surface area contributed by atoms with E-state index < -0.39 is 0 Å². The molecular formula is C13H16N4O. The molecule has 0 aliphatic heterocycles. The lowest BCUT2D eigenvalue weighted by atomic mass is 10.1. The van der Waals surface area contributed by atoms with Crippen LogP contribution in [0.2, 0.25) is 0 Å². The third-order valence-corrected chi connectivity index (χ3v) is 2.59. The first kappa shape index (κ1) is 12.3. The largest absolute Gasteiger partial charge is 0.394 e. The van der Waals surface area contributed by atoms with Crippen molar-refractivity contribution in [3.63, 3.8) is 0 Å². The maximum Gasteiger partial charge on any atom is 0.131 e. The fraction of sp³-hybridized carbons (Fsp3) is 0.231. The molecule has 0 saturated carbocycles. The Morgan fingerprint density at radius 1 is 1.22 bits per heavy atom. The van der Waals surface area contributed by atoms with Crippen LogP contribution in [0.5, 0.6) is 0 Å². The van der Waals surface area contributed by atoms with Gasteiger partial charge in [0.15, 0.2) is 0 Å². The second-order valence-corrected chi connectivity index (χ2v) is 4.04. The van der Waals surface area contributed by atoms with Crippen molar-refractivity contribution in [2.45, 2.75) is 12.5 Å². The molecule has 1 heterocycles. The van der Waals surface area contributed by atoms with E-state index in [0.717, 1.165) is 12.0 Å². The summed E-state index contributed by atoms with van der Waals surface area (Å²) in [6, 6.07) is 11.5.